The van der Waals surface area contributed by atoms with Crippen LogP contribution in [0.5, 0.6) is 0 Å². The van der Waals surface area contributed by atoms with Crippen molar-refractivity contribution >= 4 is 20.8 Å². The van der Waals surface area contributed by atoms with Crippen molar-refractivity contribution in [2.24, 2.45) is 5.14 Å². The van der Waals surface area contributed by atoms with E-state index in [4.69, 9.17) is 5.14 Å². The lowest BCUT2D eigenvalue weighted by atomic mass is 10.6. The zero-order chi connectivity index (χ0) is 8.20. The third-order valence-electron chi connectivity index (χ3n) is 0.861. The molecule has 0 aliphatic heterocycles. The van der Waals surface area contributed by atoms with Gasteiger partial charge in [-0.15, -0.1) is 0 Å². The highest BCUT2D eigenvalue weighted by molar-refractivity contribution is 7.90. The summed E-state index contributed by atoms with van der Waals surface area (Å²) in [6.45, 7) is 0. The molecule has 62 valence electrons. The van der Waals surface area contributed by atoms with Crippen LogP contribution < -0.4 is 5.14 Å². The summed E-state index contributed by atoms with van der Waals surface area (Å²) in [4.78, 5) is 0. The van der Waals surface area contributed by atoms with Gasteiger partial charge in [-0.25, -0.2) is 12.6 Å². The minimum absolute atomic E-state index is 0.0654. The van der Waals surface area contributed by atoms with E-state index in [2.05, 4.69) is 0 Å². The van der Waals surface area contributed by atoms with E-state index in [1.165, 1.54) is 0 Å². The van der Waals surface area contributed by atoms with Crippen LogP contribution in [-0.2, 0) is 20.8 Å². The Bertz CT molecular complexity index is 209. The Morgan fingerprint density at radius 1 is 1.50 bits per heavy atom. The molecule has 6 heteroatoms. The van der Waals surface area contributed by atoms with Crippen LogP contribution in [0.3, 0.4) is 0 Å². The molecule has 0 amide bonds. The fourth-order valence-corrected chi connectivity index (χ4v) is 1.74. The van der Waals surface area contributed by atoms with Crippen LogP contribution in [0, 0.1) is 0 Å². The molecule has 0 aliphatic carbocycles. The minimum Gasteiger partial charge on any atom is -0.252 e. The highest BCUT2D eigenvalue weighted by Gasteiger charge is 2.01. The summed E-state index contributed by atoms with van der Waals surface area (Å²) in [7, 11) is -4.27. The maximum absolute atomic E-state index is 10.5. The van der Waals surface area contributed by atoms with Crippen molar-refractivity contribution in [3.05, 3.63) is 0 Å². The minimum atomic E-state index is -2.91. The molecular weight excluding hydrogens is 174 g/mol. The molecular formula is C4H11NO3S2. The lowest BCUT2D eigenvalue weighted by Crippen LogP contribution is -2.12. The molecule has 0 bridgehead atoms. The fraction of sp³-hybridized carbons (Fsp3) is 1.00. The van der Waals surface area contributed by atoms with Gasteiger partial charge in [0.05, 0.1) is 16.7 Å². The first-order valence-corrected chi connectivity index (χ1v) is 6.16. The lowest BCUT2D eigenvalue weighted by Gasteiger charge is -1.94. The summed E-state index contributed by atoms with van der Waals surface area (Å²) in [5.74, 6) is 0.322. The van der Waals surface area contributed by atoms with Gasteiger partial charge in [-0.1, -0.05) is 0 Å². The topological polar surface area (TPSA) is 77.2 Å². The Morgan fingerprint density at radius 3 is 2.30 bits per heavy atom. The second-order valence-corrected chi connectivity index (χ2v) is 5.50. The lowest BCUT2D eigenvalue weighted by molar-refractivity contribution is 0.600. The monoisotopic (exact) mass is 185 g/mol. The van der Waals surface area contributed by atoms with E-state index in [-0.39, 0.29) is 11.5 Å². The van der Waals surface area contributed by atoms with E-state index in [1.807, 2.05) is 0 Å². The van der Waals surface area contributed by atoms with Gasteiger partial charge in [0.2, 0.25) is 0 Å². The number of hydrogen-bond donors (Lipinski definition) is 1. The summed E-state index contributed by atoms with van der Waals surface area (Å²) >= 11 is 0. The van der Waals surface area contributed by atoms with Gasteiger partial charge in [0.15, 0.2) is 0 Å². The van der Waals surface area contributed by atoms with E-state index < -0.39 is 20.8 Å². The third kappa shape index (κ3) is 8.06. The molecule has 0 saturated carbocycles. The highest BCUT2D eigenvalue weighted by atomic mass is 32.2. The van der Waals surface area contributed by atoms with Crippen molar-refractivity contribution in [3.63, 3.8) is 0 Å². The first kappa shape index (κ1) is 10.1. The molecule has 0 heterocycles. The number of rotatable bonds is 4. The van der Waals surface area contributed by atoms with E-state index >= 15 is 0 Å². The predicted molar refractivity (Wildman–Crippen MR) is 41.5 cm³/mol. The Labute approximate surface area is 63.3 Å². The molecule has 4 nitrogen and oxygen atoms in total. The third-order valence-corrected chi connectivity index (χ3v) is 2.58. The summed E-state index contributed by atoms with van der Waals surface area (Å²) in [5.41, 5.74) is 0. The van der Waals surface area contributed by atoms with Crippen LogP contribution in [0.15, 0.2) is 0 Å². The number of nitrogens with two attached hydrogens (primary N) is 1. The molecule has 0 spiro atoms. The molecule has 0 fully saturated rings. The number of sulfone groups is 1. The Balaban J connectivity index is 3.49. The van der Waals surface area contributed by atoms with E-state index in [1.54, 1.807) is 0 Å². The van der Waals surface area contributed by atoms with Crippen molar-refractivity contribution in [2.75, 3.05) is 17.8 Å². The van der Waals surface area contributed by atoms with Crippen molar-refractivity contribution < 1.29 is 12.6 Å². The molecule has 0 aromatic rings. The van der Waals surface area contributed by atoms with Gasteiger partial charge < -0.3 is 0 Å². The quantitative estimate of drug-likeness (QED) is 0.613. The van der Waals surface area contributed by atoms with Crippen molar-refractivity contribution in [3.8, 4) is 0 Å². The van der Waals surface area contributed by atoms with Gasteiger partial charge in [0.1, 0.15) is 9.84 Å². The number of hydrogen-bond acceptors (Lipinski definition) is 3. The average molecular weight is 185 g/mol. The maximum Gasteiger partial charge on any atom is 0.147 e. The summed E-state index contributed by atoms with van der Waals surface area (Å²) in [6.07, 6.45) is 1.52. The van der Waals surface area contributed by atoms with Gasteiger partial charge in [0, 0.05) is 12.0 Å². The largest absolute Gasteiger partial charge is 0.252 e. The molecule has 0 aliphatic rings. The van der Waals surface area contributed by atoms with Gasteiger partial charge in [-0.3, -0.25) is 5.14 Å². The second-order valence-electron chi connectivity index (χ2n) is 2.07. The molecule has 0 saturated heterocycles. The molecule has 0 radical (unpaired) electrons. The Hall–Kier alpha value is 0.0600. The maximum atomic E-state index is 10.5. The second kappa shape index (κ2) is 4.05. The van der Waals surface area contributed by atoms with E-state index in [0.717, 1.165) is 6.26 Å². The average Bonchev–Trinajstić information content (AvgIpc) is 1.59. The Morgan fingerprint density at radius 2 is 2.00 bits per heavy atom. The van der Waals surface area contributed by atoms with E-state index in [0.29, 0.717) is 6.42 Å². The SMILES string of the molecule is CS(=O)(=O)CCCS(N)=O. The van der Waals surface area contributed by atoms with Gasteiger partial charge >= 0.3 is 0 Å². The molecule has 0 aromatic heterocycles. The van der Waals surface area contributed by atoms with Crippen LogP contribution in [0.25, 0.3) is 0 Å². The molecule has 0 rings (SSSR count). The summed E-state index contributed by atoms with van der Waals surface area (Å²) in [6, 6.07) is 0. The van der Waals surface area contributed by atoms with Gasteiger partial charge in [-0.05, 0) is 6.42 Å². The van der Waals surface area contributed by atoms with Crippen LogP contribution in [0.1, 0.15) is 6.42 Å². The standard InChI is InChI=1S/C4H11NO3S2/c1-10(7,8)4-2-3-9(5)6/h2-5H2,1H3. The van der Waals surface area contributed by atoms with Gasteiger partial charge in [0.25, 0.3) is 0 Å². The zero-order valence-corrected chi connectivity index (χ0v) is 7.37. The van der Waals surface area contributed by atoms with Crippen LogP contribution >= 0.6 is 0 Å². The van der Waals surface area contributed by atoms with Crippen molar-refractivity contribution in [2.45, 2.75) is 6.42 Å². The Kier molecular flexibility index (Phi) is 4.07. The summed E-state index contributed by atoms with van der Waals surface area (Å²) in [5, 5.41) is 4.90. The normalized spacial score (nSPS) is 15.0. The molecule has 2 N–H and O–H groups in total. The fourth-order valence-electron chi connectivity index (χ4n) is 0.463. The molecule has 10 heavy (non-hydrogen) atoms. The van der Waals surface area contributed by atoms with Crippen LogP contribution in [0.4, 0.5) is 0 Å². The smallest absolute Gasteiger partial charge is 0.147 e. The van der Waals surface area contributed by atoms with Crippen molar-refractivity contribution in [1.29, 1.82) is 0 Å². The highest BCUT2D eigenvalue weighted by Crippen LogP contribution is 1.88. The van der Waals surface area contributed by atoms with Crippen LogP contribution in [-0.4, -0.2) is 30.4 Å². The molecule has 1 atom stereocenters. The van der Waals surface area contributed by atoms with Crippen molar-refractivity contribution in [1.82, 2.24) is 0 Å². The van der Waals surface area contributed by atoms with Gasteiger partial charge in [-0.2, -0.15) is 0 Å². The predicted octanol–water partition coefficient (Wildman–Crippen LogP) is -0.956. The first-order chi connectivity index (χ1) is 4.42. The first-order valence-electron chi connectivity index (χ1n) is 2.72. The summed E-state index contributed by atoms with van der Waals surface area (Å²) < 4.78 is 31.2. The van der Waals surface area contributed by atoms with E-state index in [9.17, 15) is 12.6 Å². The zero-order valence-electron chi connectivity index (χ0n) is 5.74. The molecule has 0 aromatic carbocycles. The van der Waals surface area contributed by atoms with Crippen LogP contribution in [0.2, 0.25) is 0 Å². The molecule has 1 unspecified atom stereocenters.